The number of likely N-dealkylation sites (tertiary alicyclic amines) is 1. The molecule has 0 radical (unpaired) electrons. The number of aromatic nitrogens is 2. The average Bonchev–Trinajstić information content (AvgIpc) is 3.34. The summed E-state index contributed by atoms with van der Waals surface area (Å²) in [5, 5.41) is 2.36. The van der Waals surface area contributed by atoms with E-state index < -0.39 is 24.3 Å². The Morgan fingerprint density at radius 2 is 1.78 bits per heavy atom. The van der Waals surface area contributed by atoms with Gasteiger partial charge in [-0.1, -0.05) is 42.5 Å². The molecule has 3 aromatic rings. The smallest absolute Gasteiger partial charge is 0.326 e. The normalized spacial score (nSPS) is 20.1. The minimum absolute atomic E-state index is 0.203. The maximum absolute atomic E-state index is 12.7. The number of hydrogen-bond acceptors (Lipinski definition) is 7. The lowest BCUT2D eigenvalue weighted by Gasteiger charge is -2.14. The van der Waals surface area contributed by atoms with Gasteiger partial charge in [-0.25, -0.2) is 4.98 Å². The monoisotopic (exact) mass is 449 g/mol. The Balaban J connectivity index is 1.28. The molecule has 0 spiro atoms. The molecule has 2 atom stereocenters. The molecule has 1 aromatic carbocycles. The number of allylic oxidation sites excluding steroid dienone is 2. The van der Waals surface area contributed by atoms with Gasteiger partial charge in [0.15, 0.2) is 0 Å². The number of nitrogens with zero attached hydrogens (tertiary/aromatic N) is 2. The van der Waals surface area contributed by atoms with Crippen molar-refractivity contribution in [1.82, 2.24) is 14.9 Å². The summed E-state index contributed by atoms with van der Waals surface area (Å²) in [6.07, 6.45) is 4.80. The molecule has 2 aromatic heterocycles. The summed E-state index contributed by atoms with van der Waals surface area (Å²) >= 11 is 1.33. The molecule has 1 aliphatic heterocycles. The van der Waals surface area contributed by atoms with Gasteiger partial charge < -0.3 is 9.72 Å². The number of imide groups is 1. The van der Waals surface area contributed by atoms with E-state index in [9.17, 15) is 19.2 Å². The molecular weight excluding hydrogens is 430 g/mol. The lowest BCUT2D eigenvalue weighted by atomic mass is 9.85. The molecular formula is C23H19N3O5S. The van der Waals surface area contributed by atoms with Crippen LogP contribution in [0.1, 0.15) is 18.7 Å². The van der Waals surface area contributed by atoms with Crippen molar-refractivity contribution in [3.63, 3.8) is 0 Å². The first-order valence-corrected chi connectivity index (χ1v) is 11.1. The van der Waals surface area contributed by atoms with Gasteiger partial charge in [-0.15, -0.1) is 11.3 Å². The van der Waals surface area contributed by atoms with Crippen LogP contribution in [0, 0.1) is 11.8 Å². The highest BCUT2D eigenvalue weighted by molar-refractivity contribution is 7.17. The molecule has 8 nitrogen and oxygen atoms in total. The van der Waals surface area contributed by atoms with Crippen molar-refractivity contribution in [3.8, 4) is 11.1 Å². The van der Waals surface area contributed by atoms with E-state index in [1.807, 2.05) is 47.9 Å². The van der Waals surface area contributed by atoms with E-state index in [1.54, 1.807) is 0 Å². The maximum atomic E-state index is 12.7. The second kappa shape index (κ2) is 8.16. The fourth-order valence-electron chi connectivity index (χ4n) is 4.24. The Labute approximate surface area is 186 Å². The number of amides is 2. The summed E-state index contributed by atoms with van der Waals surface area (Å²) in [5.74, 6) is -1.97. The Morgan fingerprint density at radius 3 is 2.47 bits per heavy atom. The maximum Gasteiger partial charge on any atom is 0.326 e. The van der Waals surface area contributed by atoms with Crippen LogP contribution in [-0.2, 0) is 25.7 Å². The molecule has 3 heterocycles. The molecule has 0 bridgehead atoms. The van der Waals surface area contributed by atoms with Gasteiger partial charge in [0.1, 0.15) is 23.8 Å². The van der Waals surface area contributed by atoms with Gasteiger partial charge in [-0.3, -0.25) is 24.1 Å². The van der Waals surface area contributed by atoms with Gasteiger partial charge in [-0.2, -0.15) is 0 Å². The van der Waals surface area contributed by atoms with Crippen LogP contribution >= 0.6 is 11.3 Å². The number of ether oxygens (including phenoxy) is 1. The molecule has 1 aliphatic carbocycles. The molecule has 162 valence electrons. The first-order valence-electron chi connectivity index (χ1n) is 10.2. The van der Waals surface area contributed by atoms with Crippen LogP contribution in [0.15, 0.2) is 52.7 Å². The van der Waals surface area contributed by atoms with Gasteiger partial charge in [0.2, 0.25) is 11.8 Å². The highest BCUT2D eigenvalue weighted by atomic mass is 32.1. The third-order valence-corrected chi connectivity index (χ3v) is 6.71. The van der Waals surface area contributed by atoms with Crippen LogP contribution in [0.3, 0.4) is 0 Å². The molecule has 0 saturated carbocycles. The summed E-state index contributed by atoms with van der Waals surface area (Å²) in [6, 6.07) is 9.54. The number of carbonyl (C=O) groups is 3. The standard InChI is InChI=1S/C23H19N3O5S/c27-18(10-26-22(29)14-8-4-5-9-15(14)23(26)30)31-11-17-24-20(28)19-16(12-32-21(19)25-17)13-6-2-1-3-7-13/h1-7,12,14-15H,8-11H2,(H,24,25,28)/t14-,15-/m1/s1. The molecule has 2 aliphatic rings. The minimum atomic E-state index is -0.725. The Morgan fingerprint density at radius 1 is 1.09 bits per heavy atom. The largest absolute Gasteiger partial charge is 0.456 e. The van der Waals surface area contributed by atoms with Gasteiger partial charge in [0.25, 0.3) is 5.56 Å². The summed E-state index contributed by atoms with van der Waals surface area (Å²) in [6.45, 7) is -0.693. The van der Waals surface area contributed by atoms with Crippen LogP contribution in [-0.4, -0.2) is 39.2 Å². The van der Waals surface area contributed by atoms with Crippen molar-refractivity contribution < 1.29 is 19.1 Å². The van der Waals surface area contributed by atoms with Crippen molar-refractivity contribution in [2.24, 2.45) is 11.8 Å². The van der Waals surface area contributed by atoms with E-state index in [4.69, 9.17) is 4.74 Å². The third-order valence-electron chi connectivity index (χ3n) is 5.83. The van der Waals surface area contributed by atoms with E-state index >= 15 is 0 Å². The van der Waals surface area contributed by atoms with Crippen LogP contribution in [0.25, 0.3) is 21.3 Å². The second-order valence-corrected chi connectivity index (χ2v) is 8.65. The third kappa shape index (κ3) is 3.54. The molecule has 32 heavy (non-hydrogen) atoms. The zero-order valence-electron chi connectivity index (χ0n) is 16.9. The van der Waals surface area contributed by atoms with E-state index in [0.717, 1.165) is 16.0 Å². The lowest BCUT2D eigenvalue weighted by molar-refractivity contribution is -0.154. The number of rotatable bonds is 5. The predicted octanol–water partition coefficient (Wildman–Crippen LogP) is 2.65. The van der Waals surface area contributed by atoms with Crippen molar-refractivity contribution in [2.75, 3.05) is 6.54 Å². The number of H-pyrrole nitrogens is 1. The first-order chi connectivity index (χ1) is 15.5. The number of aromatic amines is 1. The molecule has 1 fully saturated rings. The van der Waals surface area contributed by atoms with Crippen molar-refractivity contribution in [2.45, 2.75) is 19.4 Å². The summed E-state index contributed by atoms with van der Waals surface area (Å²) in [4.78, 5) is 58.5. The SMILES string of the molecule is O=C(CN1C(=O)[C@@H]2CC=CC[C@H]2C1=O)OCc1nc2scc(-c3ccccc3)c2c(=O)[nH]1. The topological polar surface area (TPSA) is 109 Å². The zero-order valence-corrected chi connectivity index (χ0v) is 17.8. The number of fused-ring (bicyclic) bond motifs is 2. The molecule has 5 rings (SSSR count). The number of thiophene rings is 1. The second-order valence-electron chi connectivity index (χ2n) is 7.79. The number of carbonyl (C=O) groups excluding carboxylic acids is 3. The number of benzene rings is 1. The zero-order chi connectivity index (χ0) is 22.2. The Hall–Kier alpha value is -3.59. The lowest BCUT2D eigenvalue weighted by Crippen LogP contribution is -2.36. The van der Waals surface area contributed by atoms with Crippen LogP contribution in [0.4, 0.5) is 0 Å². The van der Waals surface area contributed by atoms with Gasteiger partial charge in [-0.05, 0) is 18.4 Å². The summed E-state index contributed by atoms with van der Waals surface area (Å²) in [5.41, 5.74) is 1.40. The van der Waals surface area contributed by atoms with Crippen LogP contribution < -0.4 is 5.56 Å². The van der Waals surface area contributed by atoms with Gasteiger partial charge in [0.05, 0.1) is 17.2 Å². The van der Waals surface area contributed by atoms with Gasteiger partial charge >= 0.3 is 5.97 Å². The Kier molecular flexibility index (Phi) is 5.18. The molecule has 2 amide bonds. The van der Waals surface area contributed by atoms with E-state index in [-0.39, 0.29) is 29.8 Å². The Bertz CT molecular complexity index is 1280. The first kappa shape index (κ1) is 20.3. The molecule has 1 saturated heterocycles. The highest BCUT2D eigenvalue weighted by Crippen LogP contribution is 2.35. The molecule has 0 unspecified atom stereocenters. The number of esters is 1. The van der Waals surface area contributed by atoms with Crippen LogP contribution in [0.5, 0.6) is 0 Å². The predicted molar refractivity (Wildman–Crippen MR) is 118 cm³/mol. The minimum Gasteiger partial charge on any atom is -0.456 e. The van der Waals surface area contributed by atoms with Crippen molar-refractivity contribution >= 4 is 39.3 Å². The summed E-state index contributed by atoms with van der Waals surface area (Å²) in [7, 11) is 0. The van der Waals surface area contributed by atoms with Crippen molar-refractivity contribution in [3.05, 3.63) is 64.0 Å². The fraction of sp³-hybridized carbons (Fsp3) is 0.261. The van der Waals surface area contributed by atoms with Crippen LogP contribution in [0.2, 0.25) is 0 Å². The van der Waals surface area contributed by atoms with E-state index in [0.29, 0.717) is 23.1 Å². The average molecular weight is 449 g/mol. The highest BCUT2D eigenvalue weighted by Gasteiger charge is 2.47. The van der Waals surface area contributed by atoms with E-state index in [2.05, 4.69) is 9.97 Å². The quantitative estimate of drug-likeness (QED) is 0.364. The fourth-order valence-corrected chi connectivity index (χ4v) is 5.21. The van der Waals surface area contributed by atoms with Gasteiger partial charge in [0, 0.05) is 10.9 Å². The number of hydrogen-bond donors (Lipinski definition) is 1. The van der Waals surface area contributed by atoms with Crippen molar-refractivity contribution in [1.29, 1.82) is 0 Å². The van der Waals surface area contributed by atoms with E-state index in [1.165, 1.54) is 11.3 Å². The summed E-state index contributed by atoms with van der Waals surface area (Å²) < 4.78 is 5.21. The number of nitrogens with one attached hydrogen (secondary N) is 1. The molecule has 1 N–H and O–H groups in total. The molecule has 9 heteroatoms.